The number of nitrogens with one attached hydrogen (secondary N) is 1. The van der Waals surface area contributed by atoms with Crippen molar-refractivity contribution in [1.82, 2.24) is 10.3 Å². The Labute approximate surface area is 105 Å². The summed E-state index contributed by atoms with van der Waals surface area (Å²) in [4.78, 5) is 4.19. The lowest BCUT2D eigenvalue weighted by atomic mass is 9.84. The van der Waals surface area contributed by atoms with E-state index in [1.807, 2.05) is 18.5 Å². The second kappa shape index (κ2) is 6.15. The van der Waals surface area contributed by atoms with Gasteiger partial charge in [-0.25, -0.2) is 0 Å². The molecule has 2 heteroatoms. The molecule has 2 rings (SSSR count). The Morgan fingerprint density at radius 3 is 3.06 bits per heavy atom. The number of rotatable bonds is 4. The SMILES string of the molecule is CCC1CCCC(N[C@H](C)c2cccnc2)C1. The van der Waals surface area contributed by atoms with Gasteiger partial charge in [-0.15, -0.1) is 0 Å². The Bertz CT molecular complexity index is 323. The summed E-state index contributed by atoms with van der Waals surface area (Å²) in [7, 11) is 0. The predicted octanol–water partition coefficient (Wildman–Crippen LogP) is 3.70. The molecule has 0 bridgehead atoms. The third-order valence-corrected chi connectivity index (χ3v) is 4.03. The summed E-state index contributed by atoms with van der Waals surface area (Å²) in [6.45, 7) is 4.56. The van der Waals surface area contributed by atoms with Crippen LogP contribution in [-0.2, 0) is 0 Å². The number of nitrogens with zero attached hydrogens (tertiary/aromatic N) is 1. The van der Waals surface area contributed by atoms with E-state index in [1.165, 1.54) is 37.7 Å². The largest absolute Gasteiger partial charge is 0.307 e. The van der Waals surface area contributed by atoms with E-state index in [2.05, 4.69) is 30.2 Å². The van der Waals surface area contributed by atoms with Gasteiger partial charge in [-0.3, -0.25) is 4.98 Å². The zero-order chi connectivity index (χ0) is 12.1. The van der Waals surface area contributed by atoms with Crippen LogP contribution in [0.25, 0.3) is 0 Å². The number of hydrogen-bond acceptors (Lipinski definition) is 2. The minimum absolute atomic E-state index is 0.421. The van der Waals surface area contributed by atoms with Crippen LogP contribution in [0, 0.1) is 5.92 Å². The molecule has 0 spiro atoms. The van der Waals surface area contributed by atoms with E-state index >= 15 is 0 Å². The summed E-state index contributed by atoms with van der Waals surface area (Å²) in [5.74, 6) is 0.933. The van der Waals surface area contributed by atoms with Gasteiger partial charge in [0.2, 0.25) is 0 Å². The van der Waals surface area contributed by atoms with Crippen LogP contribution in [-0.4, -0.2) is 11.0 Å². The zero-order valence-electron chi connectivity index (χ0n) is 11.0. The topological polar surface area (TPSA) is 24.9 Å². The van der Waals surface area contributed by atoms with Crippen molar-refractivity contribution >= 4 is 0 Å². The van der Waals surface area contributed by atoms with E-state index in [1.54, 1.807) is 0 Å². The number of aromatic nitrogens is 1. The highest BCUT2D eigenvalue weighted by atomic mass is 14.9. The third-order valence-electron chi connectivity index (χ3n) is 4.03. The minimum Gasteiger partial charge on any atom is -0.307 e. The Balaban J connectivity index is 1.88. The summed E-state index contributed by atoms with van der Waals surface area (Å²) < 4.78 is 0. The molecule has 1 aliphatic carbocycles. The normalized spacial score (nSPS) is 26.7. The minimum atomic E-state index is 0.421. The lowest BCUT2D eigenvalue weighted by Gasteiger charge is -2.31. The standard InChI is InChI=1S/C15H24N2/c1-3-13-6-4-8-15(10-13)17-12(2)14-7-5-9-16-11-14/h5,7,9,11-13,15,17H,3-4,6,8,10H2,1-2H3/t12-,13?,15?/m1/s1. The van der Waals surface area contributed by atoms with Crippen molar-refractivity contribution in [3.8, 4) is 0 Å². The van der Waals surface area contributed by atoms with Gasteiger partial charge in [0, 0.05) is 24.5 Å². The lowest BCUT2D eigenvalue weighted by molar-refractivity contribution is 0.266. The van der Waals surface area contributed by atoms with Crippen molar-refractivity contribution in [2.75, 3.05) is 0 Å². The highest BCUT2D eigenvalue weighted by Gasteiger charge is 2.22. The first-order valence-electron chi connectivity index (χ1n) is 6.95. The summed E-state index contributed by atoms with van der Waals surface area (Å²) in [6, 6.07) is 5.29. The Morgan fingerprint density at radius 1 is 1.47 bits per heavy atom. The maximum atomic E-state index is 4.19. The quantitative estimate of drug-likeness (QED) is 0.856. The molecule has 1 aliphatic rings. The summed E-state index contributed by atoms with van der Waals surface area (Å²) in [5, 5.41) is 3.76. The van der Waals surface area contributed by atoms with Gasteiger partial charge in [0.15, 0.2) is 0 Å². The van der Waals surface area contributed by atoms with Crippen molar-refractivity contribution in [2.24, 2.45) is 5.92 Å². The number of pyridine rings is 1. The van der Waals surface area contributed by atoms with Gasteiger partial charge in [0.05, 0.1) is 0 Å². The molecule has 1 saturated carbocycles. The Morgan fingerprint density at radius 2 is 2.35 bits per heavy atom. The fourth-order valence-electron chi connectivity index (χ4n) is 2.90. The van der Waals surface area contributed by atoms with Crippen LogP contribution < -0.4 is 5.32 Å². The van der Waals surface area contributed by atoms with E-state index in [0.717, 1.165) is 5.92 Å². The molecule has 0 amide bonds. The summed E-state index contributed by atoms with van der Waals surface area (Å²) in [6.07, 6.45) is 10.6. The molecule has 1 N–H and O–H groups in total. The second-order valence-corrected chi connectivity index (χ2v) is 5.31. The van der Waals surface area contributed by atoms with E-state index in [9.17, 15) is 0 Å². The predicted molar refractivity (Wildman–Crippen MR) is 71.8 cm³/mol. The second-order valence-electron chi connectivity index (χ2n) is 5.31. The Hall–Kier alpha value is -0.890. The van der Waals surface area contributed by atoms with Crippen molar-refractivity contribution in [3.63, 3.8) is 0 Å². The number of hydrogen-bond donors (Lipinski definition) is 1. The molecule has 3 atom stereocenters. The molecule has 0 aromatic carbocycles. The molecule has 0 radical (unpaired) electrons. The summed E-state index contributed by atoms with van der Waals surface area (Å²) >= 11 is 0. The zero-order valence-corrected chi connectivity index (χ0v) is 11.0. The van der Waals surface area contributed by atoms with Gasteiger partial charge < -0.3 is 5.32 Å². The molecular formula is C15H24N2. The fourth-order valence-corrected chi connectivity index (χ4v) is 2.90. The van der Waals surface area contributed by atoms with Crippen molar-refractivity contribution in [3.05, 3.63) is 30.1 Å². The molecule has 1 aromatic rings. The van der Waals surface area contributed by atoms with Crippen LogP contribution in [0.4, 0.5) is 0 Å². The molecule has 17 heavy (non-hydrogen) atoms. The average Bonchev–Trinajstić information content (AvgIpc) is 2.40. The van der Waals surface area contributed by atoms with Gasteiger partial charge in [0.25, 0.3) is 0 Å². The van der Waals surface area contributed by atoms with Crippen molar-refractivity contribution < 1.29 is 0 Å². The van der Waals surface area contributed by atoms with E-state index in [4.69, 9.17) is 0 Å². The van der Waals surface area contributed by atoms with E-state index in [0.29, 0.717) is 12.1 Å². The van der Waals surface area contributed by atoms with Crippen LogP contribution in [0.1, 0.15) is 57.6 Å². The molecule has 94 valence electrons. The van der Waals surface area contributed by atoms with Gasteiger partial charge in [-0.05, 0) is 37.3 Å². The van der Waals surface area contributed by atoms with E-state index < -0.39 is 0 Å². The third kappa shape index (κ3) is 3.53. The van der Waals surface area contributed by atoms with Crippen LogP contribution >= 0.6 is 0 Å². The van der Waals surface area contributed by atoms with E-state index in [-0.39, 0.29) is 0 Å². The first-order chi connectivity index (χ1) is 8.29. The van der Waals surface area contributed by atoms with Crippen LogP contribution in [0.3, 0.4) is 0 Å². The maximum absolute atomic E-state index is 4.19. The van der Waals surface area contributed by atoms with Crippen molar-refractivity contribution in [1.29, 1.82) is 0 Å². The molecule has 0 aliphatic heterocycles. The van der Waals surface area contributed by atoms with Gasteiger partial charge in [-0.2, -0.15) is 0 Å². The molecule has 1 aromatic heterocycles. The smallest absolute Gasteiger partial charge is 0.0315 e. The van der Waals surface area contributed by atoms with Crippen LogP contribution in [0.15, 0.2) is 24.5 Å². The van der Waals surface area contributed by atoms with Gasteiger partial charge in [-0.1, -0.05) is 32.3 Å². The molecule has 2 unspecified atom stereocenters. The van der Waals surface area contributed by atoms with Crippen LogP contribution in [0.2, 0.25) is 0 Å². The molecular weight excluding hydrogens is 208 g/mol. The average molecular weight is 232 g/mol. The van der Waals surface area contributed by atoms with Gasteiger partial charge >= 0.3 is 0 Å². The fraction of sp³-hybridized carbons (Fsp3) is 0.667. The molecule has 2 nitrogen and oxygen atoms in total. The highest BCUT2D eigenvalue weighted by molar-refractivity contribution is 5.13. The summed E-state index contributed by atoms with van der Waals surface area (Å²) in [5.41, 5.74) is 1.30. The Kier molecular flexibility index (Phi) is 4.55. The first kappa shape index (κ1) is 12.6. The molecule has 1 fully saturated rings. The van der Waals surface area contributed by atoms with Gasteiger partial charge in [0.1, 0.15) is 0 Å². The van der Waals surface area contributed by atoms with Crippen LogP contribution in [0.5, 0.6) is 0 Å². The molecule has 0 saturated heterocycles. The monoisotopic (exact) mass is 232 g/mol. The van der Waals surface area contributed by atoms with Crippen molar-refractivity contribution in [2.45, 2.75) is 58.0 Å². The first-order valence-corrected chi connectivity index (χ1v) is 6.95. The molecule has 1 heterocycles. The highest BCUT2D eigenvalue weighted by Crippen LogP contribution is 2.28. The lowest BCUT2D eigenvalue weighted by Crippen LogP contribution is -2.35. The maximum Gasteiger partial charge on any atom is 0.0315 e.